The van der Waals surface area contributed by atoms with E-state index in [1.165, 1.54) is 250 Å². The predicted molar refractivity (Wildman–Crippen MR) is 343 cm³/mol. The molecule has 0 aromatic heterocycles. The maximum Gasteiger partial charge on any atom is 0.305 e. The van der Waals surface area contributed by atoms with Gasteiger partial charge >= 0.3 is 5.97 Å². The number of unbranched alkanes of at least 4 members (excludes halogenated alkanes) is 44. The van der Waals surface area contributed by atoms with E-state index in [9.17, 15) is 35.1 Å². The summed E-state index contributed by atoms with van der Waals surface area (Å²) in [6.45, 7) is 4.32. The van der Waals surface area contributed by atoms with Gasteiger partial charge in [-0.2, -0.15) is 0 Å². The van der Waals surface area contributed by atoms with Crippen LogP contribution in [0, 0.1) is 0 Å². The van der Waals surface area contributed by atoms with E-state index in [1.807, 2.05) is 6.08 Å². The maximum atomic E-state index is 13.1. The Kier molecular flexibility index (Phi) is 57.5. The minimum atomic E-state index is -1.58. The second kappa shape index (κ2) is 60.6. The van der Waals surface area contributed by atoms with Crippen LogP contribution in [-0.2, 0) is 23.8 Å². The van der Waals surface area contributed by atoms with Gasteiger partial charge in [-0.15, -0.1) is 0 Å². The van der Waals surface area contributed by atoms with Crippen LogP contribution in [0.3, 0.4) is 0 Å². The smallest absolute Gasteiger partial charge is 0.305 e. The average molecular weight is 1160 g/mol. The number of esters is 1. The highest BCUT2D eigenvalue weighted by Gasteiger charge is 2.44. The van der Waals surface area contributed by atoms with Crippen LogP contribution in [0.5, 0.6) is 0 Å². The summed E-state index contributed by atoms with van der Waals surface area (Å²) in [4.78, 5) is 25.1. The van der Waals surface area contributed by atoms with Gasteiger partial charge in [-0.05, 0) is 57.8 Å². The van der Waals surface area contributed by atoms with Gasteiger partial charge in [0.15, 0.2) is 6.29 Å². The first kappa shape index (κ1) is 77.9. The summed E-state index contributed by atoms with van der Waals surface area (Å²) < 4.78 is 16.7. The molecule has 0 spiro atoms. The molecule has 1 amide bonds. The highest BCUT2D eigenvalue weighted by Crippen LogP contribution is 2.23. The first-order valence-corrected chi connectivity index (χ1v) is 35.3. The summed E-state index contributed by atoms with van der Waals surface area (Å²) in [5.74, 6) is -0.180. The molecule has 0 radical (unpaired) electrons. The van der Waals surface area contributed by atoms with Crippen LogP contribution >= 0.6 is 0 Å². The molecule has 1 aliphatic heterocycles. The highest BCUT2D eigenvalue weighted by molar-refractivity contribution is 5.76. The van der Waals surface area contributed by atoms with E-state index in [-0.39, 0.29) is 18.5 Å². The minimum absolute atomic E-state index is 0.0113. The van der Waals surface area contributed by atoms with Crippen molar-refractivity contribution in [3.05, 3.63) is 36.5 Å². The van der Waals surface area contributed by atoms with E-state index in [0.29, 0.717) is 19.4 Å². The lowest BCUT2D eigenvalue weighted by atomic mass is 9.99. The average Bonchev–Trinajstić information content (AvgIpc) is 3.69. The molecule has 7 atom stereocenters. The van der Waals surface area contributed by atoms with Gasteiger partial charge in [0.05, 0.1) is 32.0 Å². The van der Waals surface area contributed by atoms with Gasteiger partial charge in [-0.25, -0.2) is 0 Å². The number of aliphatic hydroxyl groups excluding tert-OH is 5. The van der Waals surface area contributed by atoms with E-state index in [2.05, 4.69) is 43.5 Å². The van der Waals surface area contributed by atoms with Gasteiger partial charge < -0.3 is 45.1 Å². The lowest BCUT2D eigenvalue weighted by molar-refractivity contribution is -0.302. The first-order valence-electron chi connectivity index (χ1n) is 35.3. The zero-order chi connectivity index (χ0) is 59.5. The van der Waals surface area contributed by atoms with Gasteiger partial charge in [0.1, 0.15) is 24.4 Å². The third kappa shape index (κ3) is 49.0. The lowest BCUT2D eigenvalue weighted by Crippen LogP contribution is -2.60. The fourth-order valence-corrected chi connectivity index (χ4v) is 11.2. The minimum Gasteiger partial charge on any atom is -0.466 e. The number of carbonyl (C=O) groups is 2. The number of rotatable bonds is 62. The molecule has 6 N–H and O–H groups in total. The summed E-state index contributed by atoms with van der Waals surface area (Å²) in [5.41, 5.74) is 0. The number of hydrogen-bond donors (Lipinski definition) is 6. The van der Waals surface area contributed by atoms with Gasteiger partial charge in [0, 0.05) is 12.8 Å². The van der Waals surface area contributed by atoms with E-state index < -0.39 is 49.5 Å². The Morgan fingerprint density at radius 1 is 0.439 bits per heavy atom. The third-order valence-electron chi connectivity index (χ3n) is 16.7. The van der Waals surface area contributed by atoms with Crippen LogP contribution in [0.1, 0.15) is 341 Å². The fraction of sp³-hybridized carbons (Fsp3) is 0.887. The number of hydrogen-bond acceptors (Lipinski definition) is 10. The molecule has 0 aromatic rings. The van der Waals surface area contributed by atoms with Crippen molar-refractivity contribution in [3.8, 4) is 0 Å². The molecule has 1 rings (SSSR count). The van der Waals surface area contributed by atoms with Crippen molar-refractivity contribution in [2.24, 2.45) is 0 Å². The van der Waals surface area contributed by atoms with E-state index in [1.54, 1.807) is 6.08 Å². The van der Waals surface area contributed by atoms with E-state index in [0.717, 1.165) is 64.2 Å². The molecular formula is C71H133NO10. The van der Waals surface area contributed by atoms with Crippen LogP contribution < -0.4 is 5.32 Å². The van der Waals surface area contributed by atoms with Gasteiger partial charge in [0.25, 0.3) is 0 Å². The topological polar surface area (TPSA) is 175 Å². The molecule has 7 unspecified atom stereocenters. The number of nitrogens with one attached hydrogen (secondary N) is 1. The molecule has 11 nitrogen and oxygen atoms in total. The first-order chi connectivity index (χ1) is 40.2. The SMILES string of the molecule is CCCCC/C=C/CC/C=C/CC/C=C/C(O)C(COC1OC(CO)C(O)C(O)C1O)NC(=O)CCCCCCCCCCCCCCCCCCCCCCCCCCCCCCCCOC(=O)CCCCCCCCCCCCC. The molecule has 0 aliphatic carbocycles. The zero-order valence-electron chi connectivity index (χ0n) is 53.5. The number of aliphatic hydroxyl groups is 5. The van der Waals surface area contributed by atoms with Crippen LogP contribution in [-0.4, -0.2) is 100 Å². The number of ether oxygens (including phenoxy) is 3. The predicted octanol–water partition coefficient (Wildman–Crippen LogP) is 17.8. The van der Waals surface area contributed by atoms with Crippen molar-refractivity contribution in [1.82, 2.24) is 5.32 Å². The quantitative estimate of drug-likeness (QED) is 0.0195. The van der Waals surface area contributed by atoms with Crippen molar-refractivity contribution in [2.45, 2.75) is 384 Å². The highest BCUT2D eigenvalue weighted by atomic mass is 16.7. The Morgan fingerprint density at radius 3 is 1.21 bits per heavy atom. The van der Waals surface area contributed by atoms with Crippen LogP contribution in [0.15, 0.2) is 36.5 Å². The number of amides is 1. The van der Waals surface area contributed by atoms with E-state index in [4.69, 9.17) is 14.2 Å². The molecule has 0 bridgehead atoms. The Morgan fingerprint density at radius 2 is 0.793 bits per heavy atom. The summed E-state index contributed by atoms with van der Waals surface area (Å²) in [7, 11) is 0. The molecule has 482 valence electrons. The second-order valence-electron chi connectivity index (χ2n) is 24.6. The van der Waals surface area contributed by atoms with Gasteiger partial charge in [0.2, 0.25) is 5.91 Å². The van der Waals surface area contributed by atoms with Gasteiger partial charge in [-0.3, -0.25) is 9.59 Å². The fourth-order valence-electron chi connectivity index (χ4n) is 11.2. The maximum absolute atomic E-state index is 13.1. The third-order valence-corrected chi connectivity index (χ3v) is 16.7. The van der Waals surface area contributed by atoms with Crippen LogP contribution in [0.4, 0.5) is 0 Å². The molecule has 82 heavy (non-hydrogen) atoms. The Balaban J connectivity index is 1.96. The summed E-state index contributed by atoms with van der Waals surface area (Å²) >= 11 is 0. The van der Waals surface area contributed by atoms with Crippen LogP contribution in [0.2, 0.25) is 0 Å². The second-order valence-corrected chi connectivity index (χ2v) is 24.6. The summed E-state index contributed by atoms with van der Waals surface area (Å²) in [6, 6.07) is -0.831. The standard InChI is InChI=1S/C71H133NO10/c1-3-5-7-9-11-13-15-34-38-41-45-49-53-57-64(74)63(62-81-71-70(79)69(78)68(77)65(61-73)82-71)72-66(75)58-54-50-46-42-39-35-32-30-28-26-24-22-20-18-16-17-19-21-23-25-27-29-31-33-36-40-44-48-52-56-60-80-67(76)59-55-51-47-43-37-14-12-10-8-6-4-2/h11,13,38,41,53,57,63-65,68-71,73-74,77-79H,3-10,12,14-37,39-40,42-52,54-56,58-62H2,1-2H3,(H,72,75)/b13-11+,41-38+,57-53+. The monoisotopic (exact) mass is 1160 g/mol. The van der Waals surface area contributed by atoms with Crippen LogP contribution in [0.25, 0.3) is 0 Å². The lowest BCUT2D eigenvalue weighted by Gasteiger charge is -2.40. The molecule has 1 saturated heterocycles. The number of carbonyl (C=O) groups excluding carboxylic acids is 2. The van der Waals surface area contributed by atoms with Crippen molar-refractivity contribution in [3.63, 3.8) is 0 Å². The Labute approximate surface area is 504 Å². The molecule has 0 saturated carbocycles. The van der Waals surface area contributed by atoms with Gasteiger partial charge in [-0.1, -0.05) is 307 Å². The molecule has 1 heterocycles. The molecule has 1 aliphatic rings. The Hall–Kier alpha value is -2.12. The van der Waals surface area contributed by atoms with Crippen molar-refractivity contribution in [1.29, 1.82) is 0 Å². The largest absolute Gasteiger partial charge is 0.466 e. The molecule has 0 aromatic carbocycles. The summed E-state index contributed by atoms with van der Waals surface area (Å²) in [6.07, 6.45) is 67.1. The van der Waals surface area contributed by atoms with Crippen molar-refractivity contribution >= 4 is 11.9 Å². The normalized spacial score (nSPS) is 18.4. The zero-order valence-corrected chi connectivity index (χ0v) is 53.5. The Bertz CT molecular complexity index is 1460. The molecular weight excluding hydrogens is 1030 g/mol. The summed E-state index contributed by atoms with van der Waals surface area (Å²) in [5, 5.41) is 54.4. The molecule has 11 heteroatoms. The van der Waals surface area contributed by atoms with E-state index >= 15 is 0 Å². The number of allylic oxidation sites excluding steroid dienone is 5. The van der Waals surface area contributed by atoms with Crippen molar-refractivity contribution < 1.29 is 49.3 Å². The molecule has 1 fully saturated rings. The van der Waals surface area contributed by atoms with Crippen molar-refractivity contribution in [2.75, 3.05) is 19.8 Å².